The van der Waals surface area contributed by atoms with Crippen LogP contribution in [0.2, 0.25) is 0 Å². The van der Waals surface area contributed by atoms with Gasteiger partial charge in [0.25, 0.3) is 0 Å². The fourth-order valence-corrected chi connectivity index (χ4v) is 12.4. The molecule has 0 aliphatic carbocycles. The van der Waals surface area contributed by atoms with Gasteiger partial charge in [0.15, 0.2) is 0 Å². The van der Waals surface area contributed by atoms with Crippen LogP contribution in [0.5, 0.6) is 0 Å². The molecule has 0 saturated carbocycles. The van der Waals surface area contributed by atoms with E-state index in [0.717, 1.165) is 22.9 Å². The summed E-state index contributed by atoms with van der Waals surface area (Å²) in [6, 6.07) is -14.1. The molecule has 5 N–H and O–H groups in total. The zero-order valence-electron chi connectivity index (χ0n) is 62.3. The number of carbonyl (C=O) groups excluding carboxylic acids is 11. The van der Waals surface area contributed by atoms with Gasteiger partial charge in [0, 0.05) is 68.3 Å². The maximum atomic E-state index is 15.3. The molecule has 0 aromatic rings. The summed E-state index contributed by atoms with van der Waals surface area (Å²) >= 11 is 0. The molecule has 2 heterocycles. The number of nitrogens with zero attached hydrogens (tertiary/aromatic N) is 8. The molecule has 2 rings (SSSR count). The number of ether oxygens (including phenoxy) is 2. The van der Waals surface area contributed by atoms with Crippen molar-refractivity contribution in [1.82, 2.24) is 60.5 Å². The molecule has 0 bridgehead atoms. The monoisotopic (exact) mass is 1340 g/mol. The van der Waals surface area contributed by atoms with Gasteiger partial charge in [0.1, 0.15) is 66.5 Å². The lowest BCUT2D eigenvalue weighted by atomic mass is 9.91. The van der Waals surface area contributed by atoms with Crippen LogP contribution in [0.15, 0.2) is 12.2 Å². The number of carbonyl (C=O) groups is 11. The predicted octanol–water partition coefficient (Wildman–Crippen LogP) is 2.98. The average Bonchev–Trinajstić information content (AvgIpc) is 0.811. The Morgan fingerprint density at radius 2 is 1.01 bits per heavy atom. The molecule has 95 heavy (non-hydrogen) atoms. The Kier molecular flexibility index (Phi) is 35.0. The summed E-state index contributed by atoms with van der Waals surface area (Å²) in [5.41, 5.74) is 0. The highest BCUT2D eigenvalue weighted by Crippen LogP contribution is 2.26. The predicted molar refractivity (Wildman–Crippen MR) is 365 cm³/mol. The summed E-state index contributed by atoms with van der Waals surface area (Å²) in [5, 5.41) is 23.3. The number of rotatable bonds is 19. The van der Waals surface area contributed by atoms with Crippen molar-refractivity contribution >= 4 is 65.0 Å². The average molecular weight is 1350 g/mol. The number of likely N-dealkylation sites (N-methyl/N-ethyl adjacent to an activating group) is 8. The number of hydrogen-bond donors (Lipinski definition) is 5. The third kappa shape index (κ3) is 23.5. The number of nitrogens with one attached hydrogen (secondary N) is 4. The van der Waals surface area contributed by atoms with Crippen molar-refractivity contribution in [3.8, 4) is 0 Å². The minimum Gasteiger partial charge on any atom is -0.390 e. The normalized spacial score (nSPS) is 28.4. The quantitative estimate of drug-likeness (QED) is 0.116. The smallest absolute Gasteiger partial charge is 0.246 e. The van der Waals surface area contributed by atoms with Gasteiger partial charge in [-0.1, -0.05) is 109 Å². The first kappa shape index (κ1) is 84.8. The Balaban J connectivity index is 3.03. The highest BCUT2D eigenvalue weighted by atomic mass is 16.5. The van der Waals surface area contributed by atoms with Gasteiger partial charge in [-0.3, -0.25) is 57.6 Å². The molecule has 0 aromatic carbocycles. The van der Waals surface area contributed by atoms with Crippen LogP contribution < -0.4 is 21.3 Å². The summed E-state index contributed by atoms with van der Waals surface area (Å²) in [5.74, 6) is -10.8. The number of amides is 11. The first-order valence-corrected chi connectivity index (χ1v) is 34.4. The molecule has 26 heteroatoms. The van der Waals surface area contributed by atoms with E-state index in [1.54, 1.807) is 61.5 Å². The molecule has 1 unspecified atom stereocenters. The Bertz CT molecular complexity index is 2600. The third-order valence-corrected chi connectivity index (χ3v) is 18.7. The minimum atomic E-state index is -1.64. The molecule has 26 nitrogen and oxygen atoms in total. The fourth-order valence-electron chi connectivity index (χ4n) is 12.4. The molecule has 0 aromatic heterocycles. The molecule has 2 fully saturated rings. The van der Waals surface area contributed by atoms with Crippen LogP contribution in [0.3, 0.4) is 0 Å². The Morgan fingerprint density at radius 3 is 1.52 bits per heavy atom. The van der Waals surface area contributed by atoms with Gasteiger partial charge in [0.2, 0.25) is 65.0 Å². The van der Waals surface area contributed by atoms with E-state index in [1.165, 1.54) is 94.6 Å². The van der Waals surface area contributed by atoms with E-state index < -0.39 is 161 Å². The number of morpholine rings is 1. The van der Waals surface area contributed by atoms with Crippen molar-refractivity contribution in [2.75, 3.05) is 88.8 Å². The van der Waals surface area contributed by atoms with E-state index in [4.69, 9.17) is 9.47 Å². The second-order valence-corrected chi connectivity index (χ2v) is 28.7. The fraction of sp³-hybridized carbons (Fsp3) is 0.812. The Morgan fingerprint density at radius 1 is 0.526 bits per heavy atom. The summed E-state index contributed by atoms with van der Waals surface area (Å²) in [6.45, 7) is 34.2. The van der Waals surface area contributed by atoms with Gasteiger partial charge >= 0.3 is 0 Å². The molecule has 15 atom stereocenters. The Hall–Kier alpha value is -6.25. The molecule has 544 valence electrons. The van der Waals surface area contributed by atoms with Gasteiger partial charge in [0.05, 0.1) is 32.0 Å². The lowest BCUT2D eigenvalue weighted by molar-refractivity contribution is -0.157. The van der Waals surface area contributed by atoms with Gasteiger partial charge in [-0.2, -0.15) is 0 Å². The second kappa shape index (κ2) is 39.2. The number of hydrogen-bond acceptors (Lipinski definition) is 15. The molecule has 11 amide bonds. The lowest BCUT2D eigenvalue weighted by Crippen LogP contribution is -2.64. The van der Waals surface area contributed by atoms with Crippen molar-refractivity contribution in [2.24, 2.45) is 41.4 Å². The van der Waals surface area contributed by atoms with Crippen LogP contribution in [0.4, 0.5) is 0 Å². The van der Waals surface area contributed by atoms with E-state index in [2.05, 4.69) is 33.1 Å². The number of allylic oxidation sites excluding steroid dienone is 2. The van der Waals surface area contributed by atoms with E-state index in [0.29, 0.717) is 19.6 Å². The van der Waals surface area contributed by atoms with E-state index in [-0.39, 0.29) is 62.8 Å². The molecular weight excluding hydrogens is 1220 g/mol. The first-order valence-electron chi connectivity index (χ1n) is 34.4. The van der Waals surface area contributed by atoms with Crippen molar-refractivity contribution in [2.45, 2.75) is 235 Å². The largest absolute Gasteiger partial charge is 0.390 e. The molecule has 2 saturated heterocycles. The van der Waals surface area contributed by atoms with Gasteiger partial charge < -0.3 is 70.1 Å². The molecule has 2 aliphatic rings. The highest BCUT2D eigenvalue weighted by molar-refractivity contribution is 6.00. The number of aliphatic hydroxyl groups excluding tert-OH is 1. The standard InChI is InChI=1S/C69H124N12O14/c1-26-29-30-44(14)58(82)57-62(86)72-50(27-2)65(89)74(19)48(18)64(88)79(24)56(45(15)37-94-38-49-36-81(28-3)31-32-95-49)61(85)73-54(42(10)11)68(92)75(20)51(33-39(4)5)60(84)70-46(16)59(83)71-47(17)63(87)76(21)52(34-40(6)7)66(90)77(22)53(35-41(8)9)67(91)78(23)55(43(12)13)69(93)80(57)25/h26,29,39-58,82H,27-28,30-38H2,1-25H3,(H,70,84)(H,71,83)(H,72,86)(H,73,85)/b29-26+/t44-,45-,46+,47-,48-,49+,50+,51+,52+,53+,54+,55+,56?,57+,58-/m1/s1. The maximum absolute atomic E-state index is 15.3. The van der Waals surface area contributed by atoms with Crippen molar-refractivity contribution in [3.63, 3.8) is 0 Å². The number of aliphatic hydroxyl groups is 1. The lowest BCUT2D eigenvalue weighted by Gasteiger charge is -2.41. The first-order chi connectivity index (χ1) is 44.1. The van der Waals surface area contributed by atoms with Crippen LogP contribution >= 0.6 is 0 Å². The zero-order valence-corrected chi connectivity index (χ0v) is 62.3. The maximum Gasteiger partial charge on any atom is 0.246 e. The minimum absolute atomic E-state index is 0.0104. The summed E-state index contributed by atoms with van der Waals surface area (Å²) in [6.07, 6.45) is 2.50. The van der Waals surface area contributed by atoms with Crippen LogP contribution in [0.1, 0.15) is 157 Å². The SMILES string of the molecule is C/C=C/C[C@@H](C)[C@@H](O)[C@H]1C(=O)N[C@@H](CC)C(=O)N(C)[C@H](C)C(=O)N(C)C([C@H](C)COC[C@@H]2CN(CC)CCO2)C(=O)N[C@@H](C(C)C)C(=O)N(C)[C@@H](CC(C)C)C(=O)N[C@@H](C)C(=O)N[C@H](C)C(=O)N(C)[C@@H](CC(C)C)C(=O)N(C)[C@@H](CC(C)C)C(=O)N(C)[C@@H](C(C)C)C(=O)N1C. The molecule has 0 spiro atoms. The van der Waals surface area contributed by atoms with Crippen LogP contribution in [0, 0.1) is 41.4 Å². The van der Waals surface area contributed by atoms with Crippen molar-refractivity contribution in [3.05, 3.63) is 12.2 Å². The zero-order chi connectivity index (χ0) is 73.0. The topological polar surface area (TPSA) is 300 Å². The van der Waals surface area contributed by atoms with Gasteiger partial charge in [-0.15, -0.1) is 0 Å². The van der Waals surface area contributed by atoms with Crippen LogP contribution in [-0.4, -0.2) is 277 Å². The van der Waals surface area contributed by atoms with Crippen LogP contribution in [0.25, 0.3) is 0 Å². The highest BCUT2D eigenvalue weighted by Gasteiger charge is 2.46. The van der Waals surface area contributed by atoms with E-state index in [1.807, 2.05) is 47.6 Å². The summed E-state index contributed by atoms with van der Waals surface area (Å²) < 4.78 is 12.2. The summed E-state index contributed by atoms with van der Waals surface area (Å²) in [7, 11) is 9.92. The van der Waals surface area contributed by atoms with Crippen molar-refractivity contribution < 1.29 is 67.3 Å². The van der Waals surface area contributed by atoms with E-state index >= 15 is 28.8 Å². The van der Waals surface area contributed by atoms with Gasteiger partial charge in [-0.25, -0.2) is 0 Å². The molecule has 0 radical (unpaired) electrons. The third-order valence-electron chi connectivity index (χ3n) is 18.7. The van der Waals surface area contributed by atoms with Crippen LogP contribution in [-0.2, 0) is 62.2 Å². The molecular formula is C69H124N12O14. The van der Waals surface area contributed by atoms with Crippen molar-refractivity contribution in [1.29, 1.82) is 0 Å². The molecule has 2 aliphatic heterocycles. The van der Waals surface area contributed by atoms with E-state index in [9.17, 15) is 29.1 Å². The Labute approximate surface area is 568 Å². The summed E-state index contributed by atoms with van der Waals surface area (Å²) in [4.78, 5) is 174. The van der Waals surface area contributed by atoms with Gasteiger partial charge in [-0.05, 0) is 102 Å². The second-order valence-electron chi connectivity index (χ2n) is 28.7.